The Hall–Kier alpha value is -1.84. The van der Waals surface area contributed by atoms with E-state index in [-0.39, 0.29) is 11.9 Å². The normalized spacial score (nSPS) is 11.7. The van der Waals surface area contributed by atoms with Crippen molar-refractivity contribution in [3.63, 3.8) is 0 Å². The number of hydrogen-bond acceptors (Lipinski definition) is 3. The lowest BCUT2D eigenvalue weighted by Gasteiger charge is -2.16. The first-order valence-electron chi connectivity index (χ1n) is 6.11. The number of carbonyl (C=O) groups excluding carboxylic acids is 2. The third-order valence-electron chi connectivity index (χ3n) is 2.39. The van der Waals surface area contributed by atoms with Crippen LogP contribution in [-0.2, 0) is 20.7 Å². The first kappa shape index (κ1) is 14.2. The summed E-state index contributed by atoms with van der Waals surface area (Å²) in [5, 5.41) is 2.62. The van der Waals surface area contributed by atoms with Crippen LogP contribution in [0.3, 0.4) is 0 Å². The molecule has 0 aliphatic carbocycles. The van der Waals surface area contributed by atoms with E-state index < -0.39 is 6.04 Å². The van der Waals surface area contributed by atoms with E-state index in [1.807, 2.05) is 37.3 Å². The molecule has 0 fully saturated rings. The van der Waals surface area contributed by atoms with Crippen molar-refractivity contribution < 1.29 is 14.3 Å². The molecule has 1 atom stereocenters. The zero-order chi connectivity index (χ0) is 13.4. The minimum absolute atomic E-state index is 0.232. The molecule has 18 heavy (non-hydrogen) atoms. The molecule has 1 aromatic rings. The van der Waals surface area contributed by atoms with Crippen LogP contribution in [0.5, 0.6) is 0 Å². The highest BCUT2D eigenvalue weighted by Gasteiger charge is 2.21. The molecule has 1 rings (SSSR count). The van der Waals surface area contributed by atoms with Crippen molar-refractivity contribution >= 4 is 11.9 Å². The van der Waals surface area contributed by atoms with Gasteiger partial charge in [0.05, 0.1) is 6.61 Å². The van der Waals surface area contributed by atoms with Crippen molar-refractivity contribution in [3.05, 3.63) is 35.9 Å². The Bertz CT molecular complexity index is 389. The summed E-state index contributed by atoms with van der Waals surface area (Å²) in [5.41, 5.74) is 0.990. The van der Waals surface area contributed by atoms with Gasteiger partial charge in [0.25, 0.3) is 0 Å². The second-order valence-electron chi connectivity index (χ2n) is 4.11. The lowest BCUT2D eigenvalue weighted by Crippen LogP contribution is -2.42. The molecule has 0 radical (unpaired) electrons. The molecule has 0 aliphatic heterocycles. The van der Waals surface area contributed by atoms with E-state index in [0.29, 0.717) is 13.0 Å². The molecule has 0 bridgehead atoms. The second-order valence-corrected chi connectivity index (χ2v) is 4.11. The Morgan fingerprint density at radius 3 is 2.50 bits per heavy atom. The van der Waals surface area contributed by atoms with Crippen LogP contribution in [0.2, 0.25) is 0 Å². The van der Waals surface area contributed by atoms with Gasteiger partial charge in [-0.05, 0) is 12.0 Å². The molecule has 4 heteroatoms. The molecule has 1 N–H and O–H groups in total. The van der Waals surface area contributed by atoms with Crippen molar-refractivity contribution in [1.82, 2.24) is 5.32 Å². The topological polar surface area (TPSA) is 55.4 Å². The first-order valence-corrected chi connectivity index (χ1v) is 6.11. The van der Waals surface area contributed by atoms with E-state index in [2.05, 4.69) is 5.32 Å². The molecule has 1 aromatic carbocycles. The van der Waals surface area contributed by atoms with Crippen LogP contribution >= 0.6 is 0 Å². The molecule has 1 amide bonds. The van der Waals surface area contributed by atoms with Crippen LogP contribution in [-0.4, -0.2) is 24.5 Å². The van der Waals surface area contributed by atoms with Crippen molar-refractivity contribution in [3.8, 4) is 0 Å². The summed E-state index contributed by atoms with van der Waals surface area (Å²) >= 11 is 0. The molecule has 0 unspecified atom stereocenters. The second kappa shape index (κ2) is 7.48. The Balaban J connectivity index is 2.66. The summed E-state index contributed by atoms with van der Waals surface area (Å²) in [4.78, 5) is 22.9. The fraction of sp³-hybridized carbons (Fsp3) is 0.429. The fourth-order valence-electron chi connectivity index (χ4n) is 1.59. The summed E-state index contributed by atoms with van der Waals surface area (Å²) in [6.45, 7) is 3.70. The van der Waals surface area contributed by atoms with Gasteiger partial charge in [-0.3, -0.25) is 4.79 Å². The van der Waals surface area contributed by atoms with Gasteiger partial charge in [-0.1, -0.05) is 37.3 Å². The quantitative estimate of drug-likeness (QED) is 0.780. The molecule has 0 saturated heterocycles. The Morgan fingerprint density at radius 2 is 1.94 bits per heavy atom. The van der Waals surface area contributed by atoms with E-state index in [9.17, 15) is 9.59 Å². The van der Waals surface area contributed by atoms with Crippen molar-refractivity contribution in [1.29, 1.82) is 0 Å². The third kappa shape index (κ3) is 4.99. The van der Waals surface area contributed by atoms with Crippen LogP contribution in [0.25, 0.3) is 0 Å². The van der Waals surface area contributed by atoms with E-state index in [1.54, 1.807) is 0 Å². The van der Waals surface area contributed by atoms with Gasteiger partial charge in [-0.15, -0.1) is 0 Å². The number of amides is 1. The van der Waals surface area contributed by atoms with Crippen LogP contribution < -0.4 is 5.32 Å². The molecule has 0 aromatic heterocycles. The predicted molar refractivity (Wildman–Crippen MR) is 69.0 cm³/mol. The van der Waals surface area contributed by atoms with Crippen molar-refractivity contribution in [2.75, 3.05) is 6.61 Å². The Kier molecular flexibility index (Phi) is 5.91. The first-order chi connectivity index (χ1) is 8.63. The van der Waals surface area contributed by atoms with E-state index in [1.165, 1.54) is 6.92 Å². The molecular formula is C14H19NO3. The van der Waals surface area contributed by atoms with Crippen LogP contribution in [0.15, 0.2) is 30.3 Å². The number of carbonyl (C=O) groups is 2. The highest BCUT2D eigenvalue weighted by Crippen LogP contribution is 2.05. The molecular weight excluding hydrogens is 230 g/mol. The zero-order valence-corrected chi connectivity index (χ0v) is 10.8. The number of rotatable bonds is 6. The SMILES string of the molecule is CCCOC(=O)[C@@H](Cc1ccccc1)NC(C)=O. The monoisotopic (exact) mass is 249 g/mol. The lowest BCUT2D eigenvalue weighted by atomic mass is 10.1. The molecule has 0 spiro atoms. The zero-order valence-electron chi connectivity index (χ0n) is 10.8. The van der Waals surface area contributed by atoms with Crippen LogP contribution in [0.1, 0.15) is 25.8 Å². The third-order valence-corrected chi connectivity index (χ3v) is 2.39. The standard InChI is InChI=1S/C14H19NO3/c1-3-9-18-14(17)13(15-11(2)16)10-12-7-5-4-6-8-12/h4-8,13H,3,9-10H2,1-2H3,(H,15,16)/t13-/m1/s1. The summed E-state index contributed by atoms with van der Waals surface area (Å²) in [6.07, 6.45) is 1.22. The van der Waals surface area contributed by atoms with Gasteiger partial charge in [0, 0.05) is 13.3 Å². The van der Waals surface area contributed by atoms with E-state index in [4.69, 9.17) is 4.74 Å². The average molecular weight is 249 g/mol. The molecule has 0 saturated carbocycles. The maximum absolute atomic E-state index is 11.8. The number of hydrogen-bond donors (Lipinski definition) is 1. The molecule has 0 heterocycles. The summed E-state index contributed by atoms with van der Waals surface area (Å²) in [5.74, 6) is -0.611. The number of ether oxygens (including phenoxy) is 1. The lowest BCUT2D eigenvalue weighted by molar-refractivity contribution is -0.147. The van der Waals surface area contributed by atoms with Gasteiger partial charge in [-0.2, -0.15) is 0 Å². The van der Waals surface area contributed by atoms with E-state index >= 15 is 0 Å². The predicted octanol–water partition coefficient (Wildman–Crippen LogP) is 1.69. The summed E-state index contributed by atoms with van der Waals surface area (Å²) in [7, 11) is 0. The maximum atomic E-state index is 11.8. The highest BCUT2D eigenvalue weighted by molar-refractivity contribution is 5.83. The van der Waals surface area contributed by atoms with E-state index in [0.717, 1.165) is 12.0 Å². The minimum atomic E-state index is -0.614. The highest BCUT2D eigenvalue weighted by atomic mass is 16.5. The molecule has 98 valence electrons. The largest absolute Gasteiger partial charge is 0.464 e. The number of esters is 1. The number of nitrogens with one attached hydrogen (secondary N) is 1. The molecule has 4 nitrogen and oxygen atoms in total. The summed E-state index contributed by atoms with van der Waals surface area (Å²) in [6, 6.07) is 8.93. The maximum Gasteiger partial charge on any atom is 0.328 e. The van der Waals surface area contributed by atoms with Gasteiger partial charge in [-0.25, -0.2) is 4.79 Å². The minimum Gasteiger partial charge on any atom is -0.464 e. The van der Waals surface area contributed by atoms with Gasteiger partial charge in [0.2, 0.25) is 5.91 Å². The van der Waals surface area contributed by atoms with Gasteiger partial charge in [0.15, 0.2) is 0 Å². The number of benzene rings is 1. The van der Waals surface area contributed by atoms with Crippen molar-refractivity contribution in [2.45, 2.75) is 32.7 Å². The average Bonchev–Trinajstić information content (AvgIpc) is 2.36. The van der Waals surface area contributed by atoms with Gasteiger partial charge in [0.1, 0.15) is 6.04 Å². The summed E-state index contributed by atoms with van der Waals surface area (Å²) < 4.78 is 5.07. The Labute approximate surface area is 107 Å². The molecule has 0 aliphatic rings. The van der Waals surface area contributed by atoms with Gasteiger partial charge < -0.3 is 10.1 Å². The van der Waals surface area contributed by atoms with Gasteiger partial charge >= 0.3 is 5.97 Å². The Morgan fingerprint density at radius 1 is 1.28 bits per heavy atom. The van der Waals surface area contributed by atoms with Crippen molar-refractivity contribution in [2.24, 2.45) is 0 Å². The van der Waals surface area contributed by atoms with Crippen LogP contribution in [0.4, 0.5) is 0 Å². The fourth-order valence-corrected chi connectivity index (χ4v) is 1.59. The van der Waals surface area contributed by atoms with Crippen LogP contribution in [0, 0.1) is 0 Å². The smallest absolute Gasteiger partial charge is 0.328 e.